The molecular formula is C19H16ClN3O6. The normalized spacial score (nSPS) is 10.4. The molecule has 0 aliphatic carbocycles. The van der Waals surface area contributed by atoms with Crippen molar-refractivity contribution in [3.05, 3.63) is 71.6 Å². The lowest BCUT2D eigenvalue weighted by molar-refractivity contribution is 0.0487. The highest BCUT2D eigenvalue weighted by atomic mass is 35.5. The van der Waals surface area contributed by atoms with E-state index < -0.39 is 11.9 Å². The highest BCUT2D eigenvalue weighted by Gasteiger charge is 2.14. The molecule has 1 N–H and O–H groups in total. The highest BCUT2D eigenvalue weighted by Crippen LogP contribution is 2.22. The van der Waals surface area contributed by atoms with Gasteiger partial charge in [0.1, 0.15) is 17.6 Å². The van der Waals surface area contributed by atoms with E-state index in [0.717, 1.165) is 11.0 Å². The first kappa shape index (κ1) is 20.2. The van der Waals surface area contributed by atoms with E-state index in [9.17, 15) is 9.59 Å². The Hall–Kier alpha value is -3.59. The third kappa shape index (κ3) is 4.82. The number of hydrogen-bond donors (Lipinski definition) is 1. The maximum atomic E-state index is 11.6. The number of esters is 1. The van der Waals surface area contributed by atoms with Gasteiger partial charge in [-0.25, -0.2) is 19.6 Å². The van der Waals surface area contributed by atoms with Crippen molar-refractivity contribution in [1.29, 1.82) is 0 Å². The Labute approximate surface area is 169 Å². The van der Waals surface area contributed by atoms with Crippen molar-refractivity contribution in [3.63, 3.8) is 0 Å². The summed E-state index contributed by atoms with van der Waals surface area (Å²) in [6.45, 7) is 2.48. The van der Waals surface area contributed by atoms with E-state index in [0.29, 0.717) is 24.1 Å². The molecule has 4 aromatic rings. The van der Waals surface area contributed by atoms with Crippen molar-refractivity contribution in [2.75, 3.05) is 6.61 Å². The summed E-state index contributed by atoms with van der Waals surface area (Å²) in [6, 6.07) is 8.09. The maximum absolute atomic E-state index is 11.6. The molecule has 10 heteroatoms. The van der Waals surface area contributed by atoms with Gasteiger partial charge in [-0.3, -0.25) is 0 Å². The van der Waals surface area contributed by atoms with Crippen LogP contribution in [0.4, 0.5) is 0 Å². The monoisotopic (exact) mass is 417 g/mol. The fourth-order valence-corrected chi connectivity index (χ4v) is 2.72. The molecule has 4 aromatic heterocycles. The number of carboxylic acid groups (broad SMARTS) is 1. The second kappa shape index (κ2) is 9.07. The summed E-state index contributed by atoms with van der Waals surface area (Å²) >= 11 is 6.09. The van der Waals surface area contributed by atoms with Gasteiger partial charge in [-0.05, 0) is 37.3 Å². The SMILES string of the molecule is CCOC(=O)c1ccc(Cn2ccc3ncnc(Cl)c32)o1.O=C(O)c1ccco1. The molecule has 0 fully saturated rings. The predicted octanol–water partition coefficient (Wildman–Crippen LogP) is 3.88. The third-order valence-electron chi connectivity index (χ3n) is 3.70. The third-order valence-corrected chi connectivity index (χ3v) is 3.98. The Morgan fingerprint density at radius 2 is 2.03 bits per heavy atom. The van der Waals surface area contributed by atoms with Crippen LogP contribution < -0.4 is 0 Å². The molecule has 0 saturated heterocycles. The van der Waals surface area contributed by atoms with Crippen LogP contribution in [-0.4, -0.2) is 38.2 Å². The molecular weight excluding hydrogens is 402 g/mol. The smallest absolute Gasteiger partial charge is 0.374 e. The molecule has 0 aliphatic rings. The van der Waals surface area contributed by atoms with Crippen LogP contribution in [0.15, 0.2) is 58.0 Å². The Balaban J connectivity index is 0.000000252. The lowest BCUT2D eigenvalue weighted by Crippen LogP contribution is -2.03. The summed E-state index contributed by atoms with van der Waals surface area (Å²) in [5.74, 6) is -0.719. The number of aromatic carboxylic acids is 1. The fraction of sp³-hybridized carbons (Fsp3) is 0.158. The molecule has 0 radical (unpaired) electrons. The van der Waals surface area contributed by atoms with Crippen molar-refractivity contribution in [2.45, 2.75) is 13.5 Å². The summed E-state index contributed by atoms with van der Waals surface area (Å²) in [5.41, 5.74) is 1.49. The van der Waals surface area contributed by atoms with Crippen LogP contribution in [0, 0.1) is 0 Å². The van der Waals surface area contributed by atoms with Gasteiger partial charge < -0.3 is 23.2 Å². The summed E-state index contributed by atoms with van der Waals surface area (Å²) in [5, 5.41) is 8.56. The summed E-state index contributed by atoms with van der Waals surface area (Å²) in [4.78, 5) is 29.6. The van der Waals surface area contributed by atoms with Crippen molar-refractivity contribution in [1.82, 2.24) is 14.5 Å². The zero-order valence-corrected chi connectivity index (χ0v) is 16.0. The zero-order chi connectivity index (χ0) is 20.8. The molecule has 0 aromatic carbocycles. The van der Waals surface area contributed by atoms with Crippen molar-refractivity contribution in [2.24, 2.45) is 0 Å². The number of ether oxygens (including phenoxy) is 1. The minimum atomic E-state index is -1.03. The molecule has 150 valence electrons. The number of carbonyl (C=O) groups excluding carboxylic acids is 1. The van der Waals surface area contributed by atoms with Gasteiger partial charge in [-0.15, -0.1) is 0 Å². The molecule has 4 heterocycles. The topological polar surface area (TPSA) is 121 Å². The van der Waals surface area contributed by atoms with Gasteiger partial charge in [0.05, 0.1) is 24.9 Å². The number of hydrogen-bond acceptors (Lipinski definition) is 7. The van der Waals surface area contributed by atoms with Crippen LogP contribution in [0.2, 0.25) is 5.15 Å². The van der Waals surface area contributed by atoms with Gasteiger partial charge in [-0.2, -0.15) is 0 Å². The van der Waals surface area contributed by atoms with Crippen LogP contribution in [0.25, 0.3) is 11.0 Å². The first-order chi connectivity index (χ1) is 14.0. The number of aromatic nitrogens is 3. The number of fused-ring (bicyclic) bond motifs is 1. The highest BCUT2D eigenvalue weighted by molar-refractivity contribution is 6.33. The predicted molar refractivity (Wildman–Crippen MR) is 102 cm³/mol. The molecule has 9 nitrogen and oxygen atoms in total. The van der Waals surface area contributed by atoms with Gasteiger partial charge in [-0.1, -0.05) is 11.6 Å². The van der Waals surface area contributed by atoms with E-state index in [1.807, 2.05) is 16.8 Å². The largest absolute Gasteiger partial charge is 0.475 e. The standard InChI is InChI=1S/C14H12ClN3O3.C5H4O3/c1-2-20-14(19)11-4-3-9(21-11)7-18-6-5-10-12(18)13(15)17-8-16-10;6-5(7)4-2-1-3-8-4/h3-6,8H,2,7H2,1H3;1-3H,(H,6,7). The number of carboxylic acids is 1. The minimum Gasteiger partial charge on any atom is -0.475 e. The van der Waals surface area contributed by atoms with Gasteiger partial charge in [0.15, 0.2) is 5.15 Å². The van der Waals surface area contributed by atoms with Crippen LogP contribution in [0.1, 0.15) is 33.8 Å². The van der Waals surface area contributed by atoms with E-state index in [1.54, 1.807) is 19.1 Å². The average Bonchev–Trinajstić information content (AvgIpc) is 3.44. The summed E-state index contributed by atoms with van der Waals surface area (Å²) in [6.07, 6.45) is 4.59. The number of nitrogens with zero attached hydrogens (tertiary/aromatic N) is 3. The number of halogens is 1. The second-order valence-corrected chi connectivity index (χ2v) is 5.97. The molecule has 29 heavy (non-hydrogen) atoms. The van der Waals surface area contributed by atoms with Crippen molar-refractivity contribution >= 4 is 34.6 Å². The molecule has 0 saturated carbocycles. The van der Waals surface area contributed by atoms with Crippen LogP contribution in [0.5, 0.6) is 0 Å². The Kier molecular flexibility index (Phi) is 6.30. The zero-order valence-electron chi connectivity index (χ0n) is 15.2. The molecule has 0 spiro atoms. The molecule has 0 unspecified atom stereocenters. The molecule has 0 atom stereocenters. The molecule has 0 aliphatic heterocycles. The van der Waals surface area contributed by atoms with Crippen molar-refractivity contribution in [3.8, 4) is 0 Å². The van der Waals surface area contributed by atoms with Crippen LogP contribution >= 0.6 is 11.6 Å². The Morgan fingerprint density at radius 1 is 1.21 bits per heavy atom. The van der Waals surface area contributed by atoms with E-state index in [4.69, 9.17) is 25.9 Å². The van der Waals surface area contributed by atoms with E-state index in [1.165, 1.54) is 24.7 Å². The Bertz CT molecular complexity index is 1120. The Morgan fingerprint density at radius 3 is 2.69 bits per heavy atom. The minimum absolute atomic E-state index is 0.0231. The summed E-state index contributed by atoms with van der Waals surface area (Å²) in [7, 11) is 0. The van der Waals surface area contributed by atoms with Crippen LogP contribution in [0.3, 0.4) is 0 Å². The van der Waals surface area contributed by atoms with Crippen LogP contribution in [-0.2, 0) is 11.3 Å². The van der Waals surface area contributed by atoms with E-state index >= 15 is 0 Å². The van der Waals surface area contributed by atoms with E-state index in [-0.39, 0.29) is 11.5 Å². The lowest BCUT2D eigenvalue weighted by atomic mass is 10.4. The molecule has 4 rings (SSSR count). The van der Waals surface area contributed by atoms with E-state index in [2.05, 4.69) is 14.4 Å². The number of rotatable bonds is 5. The summed E-state index contributed by atoms with van der Waals surface area (Å²) < 4.78 is 16.7. The first-order valence-corrected chi connectivity index (χ1v) is 8.85. The first-order valence-electron chi connectivity index (χ1n) is 8.47. The lowest BCUT2D eigenvalue weighted by Gasteiger charge is -2.03. The number of carbonyl (C=O) groups is 2. The number of furan rings is 2. The van der Waals surface area contributed by atoms with Crippen molar-refractivity contribution < 1.29 is 28.3 Å². The van der Waals surface area contributed by atoms with Gasteiger partial charge in [0.25, 0.3) is 0 Å². The maximum Gasteiger partial charge on any atom is 0.374 e. The fourth-order valence-electron chi connectivity index (χ4n) is 2.47. The quantitative estimate of drug-likeness (QED) is 0.383. The van der Waals surface area contributed by atoms with Gasteiger partial charge >= 0.3 is 11.9 Å². The molecule has 0 amide bonds. The van der Waals surface area contributed by atoms with Gasteiger partial charge in [0.2, 0.25) is 11.5 Å². The van der Waals surface area contributed by atoms with Gasteiger partial charge in [0, 0.05) is 6.20 Å². The average molecular weight is 418 g/mol. The second-order valence-electron chi connectivity index (χ2n) is 5.61. The molecule has 0 bridgehead atoms.